The van der Waals surface area contributed by atoms with E-state index < -0.39 is 0 Å². The Balaban J connectivity index is 1.24. The van der Waals surface area contributed by atoms with Crippen LogP contribution in [0.3, 0.4) is 0 Å². The molecule has 2 aromatic rings. The summed E-state index contributed by atoms with van der Waals surface area (Å²) in [6.07, 6.45) is 6.52. The highest BCUT2D eigenvalue weighted by Gasteiger charge is 2.29. The number of hydrogen-bond acceptors (Lipinski definition) is 3. The summed E-state index contributed by atoms with van der Waals surface area (Å²) in [5.41, 5.74) is 3.39. The van der Waals surface area contributed by atoms with Crippen LogP contribution in [0.1, 0.15) is 18.4 Å². The summed E-state index contributed by atoms with van der Waals surface area (Å²) < 4.78 is 0. The average molecular weight is 361 g/mol. The van der Waals surface area contributed by atoms with Gasteiger partial charge in [-0.3, -0.25) is 9.69 Å². The van der Waals surface area contributed by atoms with E-state index in [1.807, 2.05) is 18.2 Å². The maximum absolute atomic E-state index is 11.8. The summed E-state index contributed by atoms with van der Waals surface area (Å²) in [5, 5.41) is 3.00. The minimum Gasteiger partial charge on any atom is -0.369 e. The molecule has 1 heterocycles. The van der Waals surface area contributed by atoms with Crippen molar-refractivity contribution in [2.24, 2.45) is 5.92 Å². The fourth-order valence-corrected chi connectivity index (χ4v) is 3.44. The molecule has 1 aliphatic carbocycles. The zero-order valence-electron chi connectivity index (χ0n) is 15.7. The van der Waals surface area contributed by atoms with Crippen molar-refractivity contribution < 1.29 is 4.79 Å². The number of nitrogens with zero attached hydrogens (tertiary/aromatic N) is 2. The first kappa shape index (κ1) is 17.8. The zero-order chi connectivity index (χ0) is 18.5. The molecule has 1 saturated heterocycles. The molecule has 0 atom stereocenters. The molecule has 0 spiro atoms. The number of rotatable bonds is 6. The second-order valence-electron chi connectivity index (χ2n) is 7.41. The third-order valence-electron chi connectivity index (χ3n) is 5.29. The Morgan fingerprint density at radius 3 is 2.33 bits per heavy atom. The van der Waals surface area contributed by atoms with Crippen LogP contribution in [0.2, 0.25) is 0 Å². The normalized spacial score (nSPS) is 18.0. The lowest BCUT2D eigenvalue weighted by molar-refractivity contribution is -0.117. The van der Waals surface area contributed by atoms with E-state index in [1.54, 1.807) is 0 Å². The first-order valence-corrected chi connectivity index (χ1v) is 9.88. The van der Waals surface area contributed by atoms with Crippen molar-refractivity contribution in [1.29, 1.82) is 0 Å². The quantitative estimate of drug-likeness (QED) is 0.848. The van der Waals surface area contributed by atoms with Crippen molar-refractivity contribution >= 4 is 23.4 Å². The molecule has 1 saturated carbocycles. The van der Waals surface area contributed by atoms with Gasteiger partial charge in [0, 0.05) is 50.0 Å². The topological polar surface area (TPSA) is 35.6 Å². The molecular weight excluding hydrogens is 334 g/mol. The molecule has 27 heavy (non-hydrogen) atoms. The van der Waals surface area contributed by atoms with Gasteiger partial charge in [0.25, 0.3) is 0 Å². The lowest BCUT2D eigenvalue weighted by atomic mass is 10.2. The Bertz CT molecular complexity index is 773. The Labute approximate surface area is 161 Å². The Morgan fingerprint density at radius 1 is 0.963 bits per heavy atom. The van der Waals surface area contributed by atoms with Crippen LogP contribution in [0, 0.1) is 5.92 Å². The maximum Gasteiger partial charge on any atom is 0.227 e. The highest BCUT2D eigenvalue weighted by atomic mass is 16.2. The van der Waals surface area contributed by atoms with E-state index in [9.17, 15) is 4.79 Å². The van der Waals surface area contributed by atoms with Gasteiger partial charge >= 0.3 is 0 Å². The fraction of sp³-hybridized carbons (Fsp3) is 0.348. The largest absolute Gasteiger partial charge is 0.369 e. The smallest absolute Gasteiger partial charge is 0.227 e. The predicted molar refractivity (Wildman–Crippen MR) is 112 cm³/mol. The lowest BCUT2D eigenvalue weighted by Crippen LogP contribution is -2.46. The molecule has 4 heteroatoms. The van der Waals surface area contributed by atoms with Crippen LogP contribution in [-0.4, -0.2) is 43.5 Å². The van der Waals surface area contributed by atoms with Crippen molar-refractivity contribution in [3.63, 3.8) is 0 Å². The van der Waals surface area contributed by atoms with Crippen molar-refractivity contribution in [3.05, 3.63) is 66.2 Å². The molecule has 0 aromatic heterocycles. The number of carbonyl (C=O) groups excluding carboxylic acids is 1. The Hall–Kier alpha value is -2.59. The van der Waals surface area contributed by atoms with E-state index >= 15 is 0 Å². The van der Waals surface area contributed by atoms with Crippen molar-refractivity contribution in [2.45, 2.75) is 12.8 Å². The summed E-state index contributed by atoms with van der Waals surface area (Å²) in [7, 11) is 0. The lowest BCUT2D eigenvalue weighted by Gasteiger charge is -2.35. The molecule has 0 bridgehead atoms. The molecule has 2 fully saturated rings. The summed E-state index contributed by atoms with van der Waals surface area (Å²) >= 11 is 0. The third kappa shape index (κ3) is 4.98. The van der Waals surface area contributed by atoms with Crippen LogP contribution in [0.5, 0.6) is 0 Å². The van der Waals surface area contributed by atoms with E-state index in [1.165, 1.54) is 11.3 Å². The maximum atomic E-state index is 11.8. The number of amides is 1. The third-order valence-corrected chi connectivity index (χ3v) is 5.29. The number of benzene rings is 2. The SMILES string of the molecule is O=C(Nc1ccc(N2CCN(C/C=C/c3ccccc3)CC2)cc1)C1CC1. The minimum atomic E-state index is 0.167. The fourth-order valence-electron chi connectivity index (χ4n) is 3.44. The molecule has 1 N–H and O–H groups in total. The van der Waals surface area contributed by atoms with Crippen LogP contribution in [0.25, 0.3) is 6.08 Å². The summed E-state index contributed by atoms with van der Waals surface area (Å²) in [6, 6.07) is 18.7. The van der Waals surface area contributed by atoms with E-state index in [-0.39, 0.29) is 11.8 Å². The van der Waals surface area contributed by atoms with E-state index in [0.717, 1.165) is 51.3 Å². The molecule has 2 aromatic carbocycles. The molecule has 1 amide bonds. The highest BCUT2D eigenvalue weighted by molar-refractivity contribution is 5.94. The van der Waals surface area contributed by atoms with Crippen molar-refractivity contribution in [1.82, 2.24) is 4.90 Å². The number of anilines is 2. The molecule has 4 nitrogen and oxygen atoms in total. The first-order chi connectivity index (χ1) is 13.3. The van der Waals surface area contributed by atoms with Crippen LogP contribution in [0.15, 0.2) is 60.7 Å². The van der Waals surface area contributed by atoms with Gasteiger partial charge in [-0.15, -0.1) is 0 Å². The zero-order valence-corrected chi connectivity index (χ0v) is 15.7. The van der Waals surface area contributed by atoms with Gasteiger partial charge in [-0.25, -0.2) is 0 Å². The molecule has 0 unspecified atom stereocenters. The summed E-state index contributed by atoms with van der Waals surface area (Å²) in [4.78, 5) is 16.7. The van der Waals surface area contributed by atoms with Crippen molar-refractivity contribution in [3.8, 4) is 0 Å². The standard InChI is InChI=1S/C23H27N3O/c27-23(20-8-9-20)24-21-10-12-22(13-11-21)26-17-15-25(16-18-26)14-4-7-19-5-2-1-3-6-19/h1-7,10-13,20H,8-9,14-18H2,(H,24,27)/b7-4+. The second-order valence-corrected chi connectivity index (χ2v) is 7.41. The molecule has 1 aliphatic heterocycles. The second kappa shape index (κ2) is 8.40. The van der Waals surface area contributed by atoms with Crippen LogP contribution in [-0.2, 0) is 4.79 Å². The van der Waals surface area contributed by atoms with Crippen molar-refractivity contribution in [2.75, 3.05) is 42.9 Å². The highest BCUT2D eigenvalue weighted by Crippen LogP contribution is 2.30. The number of carbonyl (C=O) groups is 1. The number of piperazine rings is 1. The van der Waals surface area contributed by atoms with Gasteiger partial charge in [-0.1, -0.05) is 42.5 Å². The Morgan fingerprint density at radius 2 is 1.67 bits per heavy atom. The van der Waals surface area contributed by atoms with E-state index in [4.69, 9.17) is 0 Å². The van der Waals surface area contributed by atoms with Gasteiger partial charge in [0.1, 0.15) is 0 Å². The van der Waals surface area contributed by atoms with Gasteiger partial charge in [-0.2, -0.15) is 0 Å². The number of nitrogens with one attached hydrogen (secondary N) is 1. The molecule has 140 valence electrons. The van der Waals surface area contributed by atoms with Crippen LogP contribution >= 0.6 is 0 Å². The van der Waals surface area contributed by atoms with Crippen LogP contribution < -0.4 is 10.2 Å². The molecule has 2 aliphatic rings. The first-order valence-electron chi connectivity index (χ1n) is 9.88. The molecule has 0 radical (unpaired) electrons. The van der Waals surface area contributed by atoms with Gasteiger partial charge in [0.2, 0.25) is 5.91 Å². The van der Waals surface area contributed by atoms with Gasteiger partial charge in [0.15, 0.2) is 0 Å². The molecule has 4 rings (SSSR count). The monoisotopic (exact) mass is 361 g/mol. The Kier molecular flexibility index (Phi) is 5.54. The van der Waals surface area contributed by atoms with Gasteiger partial charge < -0.3 is 10.2 Å². The number of hydrogen-bond donors (Lipinski definition) is 1. The molecular formula is C23H27N3O. The van der Waals surface area contributed by atoms with Crippen LogP contribution in [0.4, 0.5) is 11.4 Å². The summed E-state index contributed by atoms with van der Waals surface area (Å²) in [6.45, 7) is 5.20. The van der Waals surface area contributed by atoms with Gasteiger partial charge in [-0.05, 0) is 42.7 Å². The van der Waals surface area contributed by atoms with E-state index in [0.29, 0.717) is 0 Å². The predicted octanol–water partition coefficient (Wildman–Crippen LogP) is 3.87. The summed E-state index contributed by atoms with van der Waals surface area (Å²) in [5.74, 6) is 0.411. The van der Waals surface area contributed by atoms with E-state index in [2.05, 4.69) is 63.7 Å². The average Bonchev–Trinajstić information content (AvgIpc) is 3.56. The van der Waals surface area contributed by atoms with Gasteiger partial charge in [0.05, 0.1) is 0 Å². The minimum absolute atomic E-state index is 0.167.